The van der Waals surface area contributed by atoms with Gasteiger partial charge in [0.25, 0.3) is 0 Å². The number of hydrogen-bond acceptors (Lipinski definition) is 6. The Bertz CT molecular complexity index is 762. The minimum atomic E-state index is -1.14. The number of esters is 2. The van der Waals surface area contributed by atoms with Crippen LogP contribution in [0.4, 0.5) is 10.1 Å². The highest BCUT2D eigenvalue weighted by atomic mass is 19.1. The maximum atomic E-state index is 13.4. The first-order valence-corrected chi connectivity index (χ1v) is 6.80. The third-order valence-corrected chi connectivity index (χ3v) is 2.88. The van der Waals surface area contributed by atoms with Crippen molar-refractivity contribution in [3.63, 3.8) is 0 Å². The van der Waals surface area contributed by atoms with Gasteiger partial charge in [-0.25, -0.2) is 0 Å². The SMILES string of the molecule is O=C(CC(=O)Oc1ccc([N+](=O)[O-])c(F)c1)OCc1ccccc1. The molecule has 0 saturated carbocycles. The molecule has 0 aliphatic carbocycles. The van der Waals surface area contributed by atoms with E-state index in [0.717, 1.165) is 17.7 Å². The predicted molar refractivity (Wildman–Crippen MR) is 79.5 cm³/mol. The zero-order chi connectivity index (χ0) is 17.5. The van der Waals surface area contributed by atoms with Gasteiger partial charge in [-0.15, -0.1) is 0 Å². The molecule has 0 fully saturated rings. The molecule has 2 rings (SSSR count). The summed E-state index contributed by atoms with van der Waals surface area (Å²) in [6.07, 6.45) is -0.661. The number of halogens is 1. The quantitative estimate of drug-likeness (QED) is 0.265. The van der Waals surface area contributed by atoms with Gasteiger partial charge >= 0.3 is 17.6 Å². The maximum Gasteiger partial charge on any atom is 0.322 e. The summed E-state index contributed by atoms with van der Waals surface area (Å²) in [6, 6.07) is 11.5. The molecule has 124 valence electrons. The van der Waals surface area contributed by atoms with E-state index < -0.39 is 34.8 Å². The Balaban J connectivity index is 1.85. The van der Waals surface area contributed by atoms with E-state index in [9.17, 15) is 24.1 Å². The predicted octanol–water partition coefficient (Wildman–Crippen LogP) is 2.77. The standard InChI is InChI=1S/C16H12FNO6/c17-13-8-12(6-7-14(13)18(21)22)24-16(20)9-15(19)23-10-11-4-2-1-3-5-11/h1-8H,9-10H2. The van der Waals surface area contributed by atoms with E-state index in [-0.39, 0.29) is 12.4 Å². The number of nitro groups is 1. The molecule has 0 saturated heterocycles. The molecule has 0 radical (unpaired) electrons. The van der Waals surface area contributed by atoms with Crippen LogP contribution in [0.3, 0.4) is 0 Å². The number of rotatable bonds is 6. The molecule has 2 aromatic carbocycles. The molecule has 24 heavy (non-hydrogen) atoms. The van der Waals surface area contributed by atoms with Gasteiger partial charge in [0.2, 0.25) is 5.82 Å². The molecule has 0 bridgehead atoms. The molecule has 0 amide bonds. The molecule has 0 spiro atoms. The summed E-state index contributed by atoms with van der Waals surface area (Å²) >= 11 is 0. The van der Waals surface area contributed by atoms with Crippen LogP contribution in [-0.2, 0) is 20.9 Å². The lowest BCUT2D eigenvalue weighted by atomic mass is 10.2. The van der Waals surface area contributed by atoms with Crippen LogP contribution in [0.25, 0.3) is 0 Å². The number of hydrogen-bond donors (Lipinski definition) is 0. The Kier molecular flexibility index (Phi) is 5.56. The third-order valence-electron chi connectivity index (χ3n) is 2.88. The van der Waals surface area contributed by atoms with Gasteiger partial charge in [-0.3, -0.25) is 19.7 Å². The van der Waals surface area contributed by atoms with E-state index >= 15 is 0 Å². The summed E-state index contributed by atoms with van der Waals surface area (Å²) in [5.74, 6) is -3.14. The van der Waals surface area contributed by atoms with E-state index in [1.54, 1.807) is 24.3 Å². The van der Waals surface area contributed by atoms with Crippen molar-refractivity contribution in [2.75, 3.05) is 0 Å². The van der Waals surface area contributed by atoms with Gasteiger partial charge in [-0.2, -0.15) is 4.39 Å². The summed E-state index contributed by atoms with van der Waals surface area (Å²) in [5.41, 5.74) is 0.0220. The molecule has 0 aliphatic rings. The lowest BCUT2D eigenvalue weighted by molar-refractivity contribution is -0.387. The Morgan fingerprint density at radius 1 is 1.08 bits per heavy atom. The van der Waals surface area contributed by atoms with Gasteiger partial charge in [0.15, 0.2) is 0 Å². The van der Waals surface area contributed by atoms with Crippen molar-refractivity contribution in [1.82, 2.24) is 0 Å². The van der Waals surface area contributed by atoms with Gasteiger partial charge in [0.05, 0.1) is 4.92 Å². The van der Waals surface area contributed by atoms with Crippen LogP contribution in [0.15, 0.2) is 48.5 Å². The van der Waals surface area contributed by atoms with Crippen LogP contribution >= 0.6 is 0 Å². The number of carbonyl (C=O) groups is 2. The largest absolute Gasteiger partial charge is 0.460 e. The van der Waals surface area contributed by atoms with Gasteiger partial charge in [-0.05, 0) is 11.6 Å². The summed E-state index contributed by atoms with van der Waals surface area (Å²) in [4.78, 5) is 32.7. The minimum absolute atomic E-state index is 0.0130. The summed E-state index contributed by atoms with van der Waals surface area (Å²) < 4.78 is 23.1. The smallest absolute Gasteiger partial charge is 0.322 e. The molecule has 0 N–H and O–H groups in total. The van der Waals surface area contributed by atoms with Crippen LogP contribution in [0.2, 0.25) is 0 Å². The van der Waals surface area contributed by atoms with Crippen molar-refractivity contribution in [2.24, 2.45) is 0 Å². The zero-order valence-electron chi connectivity index (χ0n) is 12.3. The van der Waals surface area contributed by atoms with Gasteiger partial charge in [-0.1, -0.05) is 30.3 Å². The highest BCUT2D eigenvalue weighted by Crippen LogP contribution is 2.22. The molecule has 0 heterocycles. The van der Waals surface area contributed by atoms with Crippen molar-refractivity contribution in [1.29, 1.82) is 0 Å². The van der Waals surface area contributed by atoms with Crippen LogP contribution in [0.5, 0.6) is 5.75 Å². The van der Waals surface area contributed by atoms with E-state index in [1.165, 1.54) is 0 Å². The molecule has 8 heteroatoms. The number of carbonyl (C=O) groups excluding carboxylic acids is 2. The number of ether oxygens (including phenoxy) is 2. The monoisotopic (exact) mass is 333 g/mol. The van der Waals surface area contributed by atoms with Crippen LogP contribution in [0, 0.1) is 15.9 Å². The second kappa shape index (κ2) is 7.82. The average molecular weight is 333 g/mol. The average Bonchev–Trinajstić information content (AvgIpc) is 2.53. The second-order valence-corrected chi connectivity index (χ2v) is 4.67. The summed E-state index contributed by atoms with van der Waals surface area (Å²) in [5, 5.41) is 10.5. The molecular formula is C16H12FNO6. The second-order valence-electron chi connectivity index (χ2n) is 4.67. The minimum Gasteiger partial charge on any atom is -0.460 e. The van der Waals surface area contributed by atoms with Crippen molar-refractivity contribution >= 4 is 17.6 Å². The first-order chi connectivity index (χ1) is 11.5. The van der Waals surface area contributed by atoms with Crippen LogP contribution in [-0.4, -0.2) is 16.9 Å². The normalized spacial score (nSPS) is 10.0. The molecular weight excluding hydrogens is 321 g/mol. The Hall–Kier alpha value is -3.29. The van der Waals surface area contributed by atoms with E-state index in [2.05, 4.69) is 0 Å². The molecule has 0 unspecified atom stereocenters. The van der Waals surface area contributed by atoms with Gasteiger partial charge < -0.3 is 9.47 Å². The lowest BCUT2D eigenvalue weighted by Crippen LogP contribution is -2.16. The fourth-order valence-corrected chi connectivity index (χ4v) is 1.77. The summed E-state index contributed by atoms with van der Waals surface area (Å²) in [7, 11) is 0. The molecule has 0 aromatic heterocycles. The van der Waals surface area contributed by atoms with Crippen molar-refractivity contribution in [3.8, 4) is 5.75 Å². The molecule has 7 nitrogen and oxygen atoms in total. The Morgan fingerprint density at radius 3 is 2.42 bits per heavy atom. The van der Waals surface area contributed by atoms with E-state index in [4.69, 9.17) is 9.47 Å². The lowest BCUT2D eigenvalue weighted by Gasteiger charge is -2.06. The first kappa shape index (κ1) is 17.1. The third kappa shape index (κ3) is 4.87. The number of nitro benzene ring substituents is 1. The van der Waals surface area contributed by atoms with Crippen LogP contribution < -0.4 is 4.74 Å². The van der Waals surface area contributed by atoms with Gasteiger partial charge in [0.1, 0.15) is 18.8 Å². The topological polar surface area (TPSA) is 95.7 Å². The molecule has 0 aliphatic heterocycles. The number of benzene rings is 2. The van der Waals surface area contributed by atoms with Crippen molar-refractivity contribution < 1.29 is 28.4 Å². The zero-order valence-corrected chi connectivity index (χ0v) is 12.3. The van der Waals surface area contributed by atoms with Crippen molar-refractivity contribution in [2.45, 2.75) is 13.0 Å². The molecule has 2 aromatic rings. The number of nitrogens with zero attached hydrogens (tertiary/aromatic N) is 1. The van der Waals surface area contributed by atoms with Crippen molar-refractivity contribution in [3.05, 3.63) is 70.0 Å². The fraction of sp³-hybridized carbons (Fsp3) is 0.125. The first-order valence-electron chi connectivity index (χ1n) is 6.80. The molecule has 0 atom stereocenters. The fourth-order valence-electron chi connectivity index (χ4n) is 1.77. The maximum absolute atomic E-state index is 13.4. The summed E-state index contributed by atoms with van der Waals surface area (Å²) in [6.45, 7) is 0.0130. The highest BCUT2D eigenvalue weighted by Gasteiger charge is 2.17. The Morgan fingerprint density at radius 2 is 1.79 bits per heavy atom. The van der Waals surface area contributed by atoms with Crippen LogP contribution in [0.1, 0.15) is 12.0 Å². The highest BCUT2D eigenvalue weighted by molar-refractivity contribution is 5.92. The Labute approximate surface area is 135 Å². The van der Waals surface area contributed by atoms with E-state index in [1.807, 2.05) is 6.07 Å². The van der Waals surface area contributed by atoms with Gasteiger partial charge in [0, 0.05) is 12.1 Å². The van der Waals surface area contributed by atoms with E-state index in [0.29, 0.717) is 6.07 Å².